The smallest absolute Gasteiger partial charge is 0.243 e. The molecule has 1 aromatic carbocycles. The molecule has 2 aromatic rings. The lowest BCUT2D eigenvalue weighted by Gasteiger charge is -2.33. The number of carbonyl (C=O) groups excluding carboxylic acids is 3. The summed E-state index contributed by atoms with van der Waals surface area (Å²) in [6.07, 6.45) is 4.39. The first-order chi connectivity index (χ1) is 19.7. The molecular formula is C32H43N3O6S. The quantitative estimate of drug-likeness (QED) is 0.411. The summed E-state index contributed by atoms with van der Waals surface area (Å²) in [5.74, 6) is -2.10. The second-order valence-electron chi connectivity index (χ2n) is 13.3. The zero-order valence-corrected chi connectivity index (χ0v) is 25.9. The molecule has 1 saturated heterocycles. The summed E-state index contributed by atoms with van der Waals surface area (Å²) in [4.78, 5) is 47.0. The third-order valence-corrected chi connectivity index (χ3v) is 11.4. The molecule has 5 atom stereocenters. The SMILES string of the molecule is C=C[C@@H]1C[C@]1(NC(=O)[C@@H]1C[C@@H](Oc2nccc3c(C)cccc23)CN1C(=O)[C@@H](C)C(C)(C)C)C(=O)CS(=O)(=O)C1CC1.[HH]. The summed E-state index contributed by atoms with van der Waals surface area (Å²) in [5.41, 5.74) is -0.581. The number of amides is 2. The van der Waals surface area contributed by atoms with Crippen molar-refractivity contribution in [2.24, 2.45) is 17.3 Å². The Morgan fingerprint density at radius 2 is 1.95 bits per heavy atom. The van der Waals surface area contributed by atoms with E-state index in [2.05, 4.69) is 16.9 Å². The first-order valence-electron chi connectivity index (χ1n) is 14.7. The minimum Gasteiger partial charge on any atom is -0.472 e. The Hall–Kier alpha value is -3.27. The fourth-order valence-electron chi connectivity index (χ4n) is 5.85. The zero-order valence-electron chi connectivity index (χ0n) is 25.1. The molecule has 9 nitrogen and oxygen atoms in total. The molecule has 2 amide bonds. The van der Waals surface area contributed by atoms with Gasteiger partial charge in [0, 0.05) is 31.3 Å². The molecule has 2 heterocycles. The number of rotatable bonds is 10. The Labute approximate surface area is 249 Å². The maximum atomic E-state index is 13.9. The lowest BCUT2D eigenvalue weighted by molar-refractivity contribution is -0.144. The zero-order chi connectivity index (χ0) is 30.6. The average Bonchev–Trinajstić information content (AvgIpc) is 3.85. The number of fused-ring (bicyclic) bond motifs is 1. The summed E-state index contributed by atoms with van der Waals surface area (Å²) in [5, 5.41) is 4.27. The van der Waals surface area contributed by atoms with Gasteiger partial charge in [-0.3, -0.25) is 14.4 Å². The topological polar surface area (TPSA) is 123 Å². The van der Waals surface area contributed by atoms with Crippen molar-refractivity contribution >= 4 is 38.2 Å². The van der Waals surface area contributed by atoms with Gasteiger partial charge in [-0.25, -0.2) is 13.4 Å². The van der Waals surface area contributed by atoms with Crippen LogP contribution < -0.4 is 10.1 Å². The number of nitrogens with one attached hydrogen (secondary N) is 1. The molecule has 3 fully saturated rings. The van der Waals surface area contributed by atoms with E-state index >= 15 is 0 Å². The van der Waals surface area contributed by atoms with Crippen molar-refractivity contribution in [2.45, 2.75) is 83.2 Å². The Kier molecular flexibility index (Phi) is 7.75. The summed E-state index contributed by atoms with van der Waals surface area (Å²) in [7, 11) is -3.56. The van der Waals surface area contributed by atoms with Crippen LogP contribution in [0, 0.1) is 24.2 Å². The minimum absolute atomic E-state index is 0. The van der Waals surface area contributed by atoms with Crippen molar-refractivity contribution in [3.63, 3.8) is 0 Å². The Bertz CT molecular complexity index is 1550. The van der Waals surface area contributed by atoms with E-state index in [0.29, 0.717) is 25.1 Å². The van der Waals surface area contributed by atoms with Crippen LogP contribution in [0.4, 0.5) is 0 Å². The van der Waals surface area contributed by atoms with Gasteiger partial charge in [0.25, 0.3) is 0 Å². The third kappa shape index (κ3) is 5.70. The number of likely N-dealkylation sites (tertiary alicyclic amines) is 1. The summed E-state index contributed by atoms with van der Waals surface area (Å²) >= 11 is 0. The number of ether oxygens (including phenoxy) is 1. The van der Waals surface area contributed by atoms with Gasteiger partial charge in [0.05, 0.1) is 11.8 Å². The molecule has 10 heteroatoms. The summed E-state index contributed by atoms with van der Waals surface area (Å²) in [6, 6.07) is 6.91. The summed E-state index contributed by atoms with van der Waals surface area (Å²) in [6.45, 7) is 13.8. The van der Waals surface area contributed by atoms with Crippen LogP contribution >= 0.6 is 0 Å². The Balaban J connectivity index is 0.00000423. The van der Waals surface area contributed by atoms with Gasteiger partial charge >= 0.3 is 0 Å². The molecule has 5 rings (SSSR count). The maximum absolute atomic E-state index is 13.9. The van der Waals surface area contributed by atoms with Crippen LogP contribution in [0.1, 0.15) is 60.4 Å². The lowest BCUT2D eigenvalue weighted by Crippen LogP contribution is -2.55. The fourth-order valence-corrected chi connectivity index (χ4v) is 7.56. The maximum Gasteiger partial charge on any atom is 0.243 e. The average molecular weight is 598 g/mol. The van der Waals surface area contributed by atoms with Crippen molar-refractivity contribution < 1.29 is 29.0 Å². The molecule has 228 valence electrons. The van der Waals surface area contributed by atoms with E-state index in [4.69, 9.17) is 4.74 Å². The van der Waals surface area contributed by atoms with Crippen molar-refractivity contribution in [1.29, 1.82) is 0 Å². The van der Waals surface area contributed by atoms with Crippen LogP contribution in [0.15, 0.2) is 43.1 Å². The monoisotopic (exact) mass is 597 g/mol. The molecule has 0 unspecified atom stereocenters. The van der Waals surface area contributed by atoms with E-state index in [0.717, 1.165) is 16.3 Å². The van der Waals surface area contributed by atoms with E-state index in [1.54, 1.807) is 17.2 Å². The standard InChI is InChI=1S/C32H41N3O6S.H2/c1-7-21-16-32(21,27(36)18-42(39,40)23-11-12-23)34-28(37)26-15-22(17-35(26)30(38)20(3)31(4,5)6)41-29-25-10-8-9-19(2)24(25)13-14-33-29;/h7-10,13-14,20-23,26H,1,11-12,15-18H2,2-6H3,(H,34,37);1H/t20-,21-,22-,26+,32-;/m1./s1. The van der Waals surface area contributed by atoms with Crippen LogP contribution in [0.25, 0.3) is 10.8 Å². The lowest BCUT2D eigenvalue weighted by atomic mass is 9.81. The van der Waals surface area contributed by atoms with E-state index in [-0.39, 0.29) is 37.6 Å². The third-order valence-electron chi connectivity index (χ3n) is 9.29. The normalized spacial score (nSPS) is 26.5. The van der Waals surface area contributed by atoms with E-state index in [1.165, 1.54) is 0 Å². The highest BCUT2D eigenvalue weighted by molar-refractivity contribution is 7.93. The molecule has 0 spiro atoms. The molecule has 2 aliphatic carbocycles. The number of benzene rings is 1. The second-order valence-corrected chi connectivity index (χ2v) is 15.6. The molecule has 0 radical (unpaired) electrons. The van der Waals surface area contributed by atoms with E-state index in [9.17, 15) is 22.8 Å². The van der Waals surface area contributed by atoms with Crippen molar-refractivity contribution in [1.82, 2.24) is 15.2 Å². The van der Waals surface area contributed by atoms with Crippen LogP contribution in [0.5, 0.6) is 5.88 Å². The fraction of sp³-hybridized carbons (Fsp3) is 0.562. The largest absolute Gasteiger partial charge is 0.472 e. The Morgan fingerprint density at radius 3 is 2.57 bits per heavy atom. The number of pyridine rings is 1. The van der Waals surface area contributed by atoms with Gasteiger partial charge in [0.1, 0.15) is 23.4 Å². The predicted octanol–water partition coefficient (Wildman–Crippen LogP) is 4.03. The van der Waals surface area contributed by atoms with Gasteiger partial charge in [-0.1, -0.05) is 45.9 Å². The molecule has 3 aliphatic rings. The molecule has 2 saturated carbocycles. The predicted molar refractivity (Wildman–Crippen MR) is 163 cm³/mol. The van der Waals surface area contributed by atoms with Gasteiger partial charge in [-0.2, -0.15) is 0 Å². The highest BCUT2D eigenvalue weighted by Gasteiger charge is 2.61. The molecule has 0 bridgehead atoms. The Morgan fingerprint density at radius 1 is 1.24 bits per heavy atom. The number of ketones is 1. The highest BCUT2D eigenvalue weighted by Crippen LogP contribution is 2.46. The van der Waals surface area contributed by atoms with Crippen molar-refractivity contribution in [2.75, 3.05) is 12.3 Å². The number of hydrogen-bond acceptors (Lipinski definition) is 7. The van der Waals surface area contributed by atoms with Crippen LogP contribution in [-0.4, -0.2) is 71.1 Å². The molecule has 1 N–H and O–H groups in total. The van der Waals surface area contributed by atoms with E-state index < -0.39 is 50.2 Å². The van der Waals surface area contributed by atoms with Gasteiger partial charge in [-0.05, 0) is 54.7 Å². The molecular weight excluding hydrogens is 554 g/mol. The first kappa shape index (κ1) is 30.2. The number of hydrogen-bond donors (Lipinski definition) is 1. The number of aromatic nitrogens is 1. The number of aryl methyl sites for hydroxylation is 1. The number of Topliss-reactive ketones (excluding diaryl/α,β-unsaturated/α-hetero) is 1. The van der Waals surface area contributed by atoms with Gasteiger partial charge in [0.2, 0.25) is 17.7 Å². The second kappa shape index (κ2) is 10.8. The van der Waals surface area contributed by atoms with Gasteiger partial charge in [-0.15, -0.1) is 6.58 Å². The van der Waals surface area contributed by atoms with Gasteiger partial charge in [0.15, 0.2) is 15.6 Å². The molecule has 1 aromatic heterocycles. The first-order valence-corrected chi connectivity index (χ1v) is 16.4. The van der Waals surface area contributed by atoms with E-state index in [1.807, 2.05) is 58.9 Å². The van der Waals surface area contributed by atoms with Crippen LogP contribution in [0.2, 0.25) is 0 Å². The van der Waals surface area contributed by atoms with Gasteiger partial charge < -0.3 is 15.0 Å². The number of sulfone groups is 1. The molecule has 1 aliphatic heterocycles. The molecule has 42 heavy (non-hydrogen) atoms. The van der Waals surface area contributed by atoms with Crippen molar-refractivity contribution in [3.05, 3.63) is 48.7 Å². The summed E-state index contributed by atoms with van der Waals surface area (Å²) < 4.78 is 31.6. The number of carbonyl (C=O) groups is 3. The highest BCUT2D eigenvalue weighted by atomic mass is 32.2. The minimum atomic E-state index is -3.56. The van der Waals surface area contributed by atoms with Crippen LogP contribution in [-0.2, 0) is 24.2 Å². The number of nitrogens with zero attached hydrogens (tertiary/aromatic N) is 2. The van der Waals surface area contributed by atoms with Crippen molar-refractivity contribution in [3.8, 4) is 5.88 Å². The van der Waals surface area contributed by atoms with Crippen LogP contribution in [0.3, 0.4) is 0 Å².